The topological polar surface area (TPSA) is 83.0 Å². The Morgan fingerprint density at radius 1 is 0.907 bits per heavy atom. The predicted molar refractivity (Wildman–Crippen MR) is 163 cm³/mol. The van der Waals surface area contributed by atoms with Gasteiger partial charge in [0, 0.05) is 37.6 Å². The molecule has 0 unspecified atom stereocenters. The normalized spacial score (nSPS) is 20.6. The van der Waals surface area contributed by atoms with Gasteiger partial charge in [0.05, 0.1) is 43.3 Å². The highest BCUT2D eigenvalue weighted by Gasteiger charge is 2.49. The van der Waals surface area contributed by atoms with Gasteiger partial charge in [0.25, 0.3) is 11.8 Å². The lowest BCUT2D eigenvalue weighted by atomic mass is 9.80. The first-order chi connectivity index (χ1) is 20.9. The molecular weight excluding hydrogens is 540 g/mol. The van der Waals surface area contributed by atoms with E-state index >= 15 is 0 Å². The number of likely N-dealkylation sites (tertiary alicyclic amines) is 1. The molecule has 0 radical (unpaired) electrons. The van der Waals surface area contributed by atoms with Crippen molar-refractivity contribution < 1.29 is 19.1 Å². The van der Waals surface area contributed by atoms with Gasteiger partial charge >= 0.3 is 0 Å². The van der Waals surface area contributed by atoms with Gasteiger partial charge in [0.2, 0.25) is 5.91 Å². The molecule has 0 aliphatic carbocycles. The molecule has 216 valence electrons. The Balaban J connectivity index is 1.27. The van der Waals surface area contributed by atoms with Crippen LogP contribution in [0.3, 0.4) is 0 Å². The van der Waals surface area contributed by atoms with E-state index in [1.807, 2.05) is 42.3 Å². The van der Waals surface area contributed by atoms with Crippen LogP contribution in [0.5, 0.6) is 5.75 Å². The molecule has 1 fully saturated rings. The third-order valence-corrected chi connectivity index (χ3v) is 9.24. The third-order valence-electron chi connectivity index (χ3n) is 9.24. The molecule has 7 rings (SSSR count). The van der Waals surface area contributed by atoms with Gasteiger partial charge in [-0.15, -0.1) is 0 Å². The van der Waals surface area contributed by atoms with E-state index in [0.29, 0.717) is 17.7 Å². The summed E-state index contributed by atoms with van der Waals surface area (Å²) in [7, 11) is 3.69. The van der Waals surface area contributed by atoms with Crippen molar-refractivity contribution in [3.63, 3.8) is 0 Å². The van der Waals surface area contributed by atoms with Gasteiger partial charge in [0.15, 0.2) is 0 Å². The van der Waals surface area contributed by atoms with Crippen molar-refractivity contribution in [3.05, 3.63) is 114 Å². The van der Waals surface area contributed by atoms with Crippen LogP contribution in [0.15, 0.2) is 91.3 Å². The van der Waals surface area contributed by atoms with Gasteiger partial charge in [-0.2, -0.15) is 0 Å². The third kappa shape index (κ3) is 4.54. The van der Waals surface area contributed by atoms with Gasteiger partial charge in [-0.3, -0.25) is 24.3 Å². The summed E-state index contributed by atoms with van der Waals surface area (Å²) >= 11 is 0. The number of carbonyl (C=O) groups is 3. The van der Waals surface area contributed by atoms with E-state index in [2.05, 4.69) is 34.1 Å². The summed E-state index contributed by atoms with van der Waals surface area (Å²) in [4.78, 5) is 50.3. The average molecular weight is 573 g/mol. The van der Waals surface area contributed by atoms with Crippen LogP contribution in [0, 0.1) is 5.92 Å². The number of ether oxygens (including phenoxy) is 1. The van der Waals surface area contributed by atoms with E-state index in [9.17, 15) is 14.4 Å². The van der Waals surface area contributed by atoms with Gasteiger partial charge < -0.3 is 14.5 Å². The number of methoxy groups -OCH3 is 1. The minimum atomic E-state index is -0.256. The van der Waals surface area contributed by atoms with Crippen molar-refractivity contribution in [1.29, 1.82) is 0 Å². The van der Waals surface area contributed by atoms with Crippen LogP contribution in [-0.2, 0) is 11.2 Å². The van der Waals surface area contributed by atoms with Crippen molar-refractivity contribution in [2.75, 3.05) is 32.1 Å². The summed E-state index contributed by atoms with van der Waals surface area (Å²) in [6.07, 6.45) is 4.47. The molecule has 0 N–H and O–H groups in total. The van der Waals surface area contributed by atoms with Crippen LogP contribution in [0.1, 0.15) is 44.3 Å². The van der Waals surface area contributed by atoms with Crippen molar-refractivity contribution in [2.45, 2.75) is 24.9 Å². The maximum Gasteiger partial charge on any atom is 0.261 e. The fraction of sp³-hybridized carbons (Fsp3) is 0.257. The molecule has 3 amide bonds. The fourth-order valence-electron chi connectivity index (χ4n) is 7.08. The van der Waals surface area contributed by atoms with Crippen LogP contribution in [0.25, 0.3) is 11.1 Å². The molecule has 8 nitrogen and oxygen atoms in total. The number of pyridine rings is 1. The zero-order valence-corrected chi connectivity index (χ0v) is 24.1. The lowest BCUT2D eigenvalue weighted by molar-refractivity contribution is -0.132. The monoisotopic (exact) mass is 572 g/mol. The SMILES string of the molecule is COc1cccc(-c2ccc3c(c2)[C@H]2[C@H](CCN2C(=O)Cc2ccncc2)[C@H](CN2C(=O)c4ccccc4C2=O)N3C)c1. The molecule has 0 bridgehead atoms. The lowest BCUT2D eigenvalue weighted by Gasteiger charge is -2.46. The Bertz CT molecular complexity index is 1700. The molecule has 3 aliphatic heterocycles. The minimum absolute atomic E-state index is 0.0313. The lowest BCUT2D eigenvalue weighted by Crippen LogP contribution is -2.53. The average Bonchev–Trinajstić information content (AvgIpc) is 3.59. The molecule has 3 atom stereocenters. The Morgan fingerprint density at radius 3 is 2.35 bits per heavy atom. The van der Waals surface area contributed by atoms with Gasteiger partial charge in [0.1, 0.15) is 5.75 Å². The van der Waals surface area contributed by atoms with Crippen LogP contribution in [0.2, 0.25) is 0 Å². The molecule has 4 heterocycles. The molecule has 0 saturated carbocycles. The maximum atomic E-state index is 13.9. The minimum Gasteiger partial charge on any atom is -0.497 e. The quantitative estimate of drug-likeness (QED) is 0.303. The number of anilines is 1. The number of carbonyl (C=O) groups excluding carboxylic acids is 3. The summed E-state index contributed by atoms with van der Waals surface area (Å²) in [6, 6.07) is 24.7. The molecule has 1 aromatic heterocycles. The molecule has 43 heavy (non-hydrogen) atoms. The number of aromatic nitrogens is 1. The Hall–Kier alpha value is -4.98. The highest BCUT2D eigenvalue weighted by atomic mass is 16.5. The zero-order chi connectivity index (χ0) is 29.7. The number of likely N-dealkylation sites (N-methyl/N-ethyl adjacent to an activating group) is 1. The number of amides is 3. The van der Waals surface area contributed by atoms with Crippen molar-refractivity contribution in [2.24, 2.45) is 5.92 Å². The van der Waals surface area contributed by atoms with Crippen LogP contribution < -0.4 is 9.64 Å². The highest BCUT2D eigenvalue weighted by molar-refractivity contribution is 6.21. The van der Waals surface area contributed by atoms with Gasteiger partial charge in [-0.25, -0.2) is 0 Å². The van der Waals surface area contributed by atoms with Gasteiger partial charge in [-0.1, -0.05) is 30.3 Å². The van der Waals surface area contributed by atoms with E-state index in [-0.39, 0.29) is 48.7 Å². The Kier molecular flexibility index (Phi) is 6.69. The van der Waals surface area contributed by atoms with Crippen molar-refractivity contribution in [1.82, 2.24) is 14.8 Å². The Labute approximate surface area is 250 Å². The number of hydrogen-bond acceptors (Lipinski definition) is 6. The zero-order valence-electron chi connectivity index (χ0n) is 24.1. The molecule has 8 heteroatoms. The fourth-order valence-corrected chi connectivity index (χ4v) is 7.08. The Morgan fingerprint density at radius 2 is 1.63 bits per heavy atom. The first kappa shape index (κ1) is 26.9. The molecular formula is C35H32N4O4. The smallest absolute Gasteiger partial charge is 0.261 e. The molecule has 4 aromatic rings. The number of hydrogen-bond donors (Lipinski definition) is 0. The molecule has 0 spiro atoms. The van der Waals surface area contributed by atoms with E-state index in [1.165, 1.54) is 4.90 Å². The summed E-state index contributed by atoms with van der Waals surface area (Å²) in [5.74, 6) is 0.354. The maximum absolute atomic E-state index is 13.9. The number of benzene rings is 3. The standard InChI is InChI=1S/C35H32N4O4/c1-37-30-11-10-24(23-6-5-7-25(19-23)43-2)20-29(30)33-28(14-17-38(33)32(40)18-22-12-15-36-16-13-22)31(37)21-39-34(41)26-8-3-4-9-27(26)35(39)42/h3-13,15-16,19-20,28,31,33H,14,17-18,21H2,1-2H3/t28-,31+,33-/m1/s1. The summed E-state index contributed by atoms with van der Waals surface area (Å²) in [5, 5.41) is 0. The predicted octanol–water partition coefficient (Wildman–Crippen LogP) is 5.00. The van der Waals surface area contributed by atoms with Crippen LogP contribution in [0.4, 0.5) is 5.69 Å². The highest BCUT2D eigenvalue weighted by Crippen LogP contribution is 2.50. The first-order valence-corrected chi connectivity index (χ1v) is 14.6. The molecule has 3 aromatic carbocycles. The second-order valence-corrected chi connectivity index (χ2v) is 11.5. The molecule has 1 saturated heterocycles. The van der Waals surface area contributed by atoms with Crippen molar-refractivity contribution >= 4 is 23.4 Å². The van der Waals surface area contributed by atoms with E-state index < -0.39 is 0 Å². The van der Waals surface area contributed by atoms with E-state index in [1.54, 1.807) is 43.8 Å². The number of fused-ring (bicyclic) bond motifs is 4. The summed E-state index contributed by atoms with van der Waals surface area (Å²) in [6.45, 7) is 0.863. The second-order valence-electron chi connectivity index (χ2n) is 11.5. The van der Waals surface area contributed by atoms with Crippen molar-refractivity contribution in [3.8, 4) is 16.9 Å². The summed E-state index contributed by atoms with van der Waals surface area (Å²) in [5.41, 5.74) is 5.96. The summed E-state index contributed by atoms with van der Waals surface area (Å²) < 4.78 is 5.47. The van der Waals surface area contributed by atoms with E-state index in [4.69, 9.17) is 4.74 Å². The first-order valence-electron chi connectivity index (χ1n) is 14.6. The number of imide groups is 1. The molecule has 3 aliphatic rings. The van der Waals surface area contributed by atoms with Gasteiger partial charge in [-0.05, 0) is 77.2 Å². The van der Waals surface area contributed by atoms with Crippen LogP contribution >= 0.6 is 0 Å². The number of nitrogens with zero attached hydrogens (tertiary/aromatic N) is 4. The largest absolute Gasteiger partial charge is 0.497 e. The second kappa shape index (κ2) is 10.7. The number of rotatable bonds is 6. The van der Waals surface area contributed by atoms with E-state index in [0.717, 1.165) is 40.1 Å². The van der Waals surface area contributed by atoms with Crippen LogP contribution in [-0.4, -0.2) is 65.8 Å².